The first kappa shape index (κ1) is 15.8. The van der Waals surface area contributed by atoms with Crippen LogP contribution in [0.2, 0.25) is 0 Å². The minimum absolute atomic E-state index is 0.0212. The van der Waals surface area contributed by atoms with Gasteiger partial charge in [0, 0.05) is 42.5 Å². The van der Waals surface area contributed by atoms with Crippen LogP contribution in [0.15, 0.2) is 18.5 Å². The SMILES string of the molecule is CCCNC(=O)N1CCC(c2nc(C)nc3cnc4[nH]ccc4c23)C1. The molecule has 0 aliphatic carbocycles. The van der Waals surface area contributed by atoms with E-state index < -0.39 is 0 Å². The number of carbonyl (C=O) groups is 1. The molecule has 25 heavy (non-hydrogen) atoms. The first-order chi connectivity index (χ1) is 12.2. The Morgan fingerprint density at radius 2 is 2.32 bits per heavy atom. The number of fused-ring (bicyclic) bond motifs is 3. The van der Waals surface area contributed by atoms with Crippen molar-refractivity contribution in [2.24, 2.45) is 0 Å². The number of aromatic amines is 1. The van der Waals surface area contributed by atoms with Gasteiger partial charge in [-0.2, -0.15) is 0 Å². The molecule has 1 aliphatic rings. The number of likely N-dealkylation sites (tertiary alicyclic amines) is 1. The summed E-state index contributed by atoms with van der Waals surface area (Å²) in [5.74, 6) is 0.963. The van der Waals surface area contributed by atoms with Crippen molar-refractivity contribution < 1.29 is 4.79 Å². The topological polar surface area (TPSA) is 86.8 Å². The number of carbonyl (C=O) groups excluding carboxylic acids is 1. The van der Waals surface area contributed by atoms with E-state index in [9.17, 15) is 4.79 Å². The number of hydrogen-bond acceptors (Lipinski definition) is 4. The van der Waals surface area contributed by atoms with E-state index in [0.717, 1.165) is 52.8 Å². The van der Waals surface area contributed by atoms with Crippen molar-refractivity contribution in [3.63, 3.8) is 0 Å². The lowest BCUT2D eigenvalue weighted by atomic mass is 9.99. The molecule has 2 amide bonds. The summed E-state index contributed by atoms with van der Waals surface area (Å²) < 4.78 is 0. The first-order valence-corrected chi connectivity index (χ1v) is 8.80. The van der Waals surface area contributed by atoms with E-state index in [2.05, 4.69) is 27.2 Å². The number of amides is 2. The summed E-state index contributed by atoms with van der Waals surface area (Å²) in [5.41, 5.74) is 2.74. The molecule has 0 radical (unpaired) electrons. The van der Waals surface area contributed by atoms with Gasteiger partial charge in [-0.25, -0.2) is 19.7 Å². The molecule has 2 N–H and O–H groups in total. The molecule has 0 aromatic carbocycles. The van der Waals surface area contributed by atoms with Crippen LogP contribution in [0.1, 0.15) is 37.2 Å². The quantitative estimate of drug-likeness (QED) is 0.769. The van der Waals surface area contributed by atoms with Gasteiger partial charge in [0.15, 0.2) is 0 Å². The lowest BCUT2D eigenvalue weighted by Gasteiger charge is -2.18. The van der Waals surface area contributed by atoms with Gasteiger partial charge in [0.2, 0.25) is 0 Å². The minimum Gasteiger partial charge on any atom is -0.346 e. The molecule has 1 atom stereocenters. The molecule has 1 unspecified atom stereocenters. The van der Waals surface area contributed by atoms with E-state index in [4.69, 9.17) is 4.98 Å². The van der Waals surface area contributed by atoms with Crippen molar-refractivity contribution in [2.75, 3.05) is 19.6 Å². The van der Waals surface area contributed by atoms with Gasteiger partial charge in [-0.1, -0.05) is 6.92 Å². The third-order valence-corrected chi connectivity index (χ3v) is 4.78. The van der Waals surface area contributed by atoms with E-state index in [1.807, 2.05) is 24.1 Å². The molecular formula is C18H22N6O. The van der Waals surface area contributed by atoms with Crippen molar-refractivity contribution in [3.05, 3.63) is 30.0 Å². The summed E-state index contributed by atoms with van der Waals surface area (Å²) in [6.45, 7) is 6.12. The third kappa shape index (κ3) is 2.79. The number of nitrogens with one attached hydrogen (secondary N) is 2. The van der Waals surface area contributed by atoms with Crippen LogP contribution >= 0.6 is 0 Å². The number of nitrogens with zero attached hydrogens (tertiary/aromatic N) is 4. The van der Waals surface area contributed by atoms with Crippen LogP contribution < -0.4 is 5.32 Å². The molecule has 0 bridgehead atoms. The maximum Gasteiger partial charge on any atom is 0.317 e. The molecule has 4 heterocycles. The van der Waals surface area contributed by atoms with Crippen LogP contribution in [0.3, 0.4) is 0 Å². The van der Waals surface area contributed by atoms with Gasteiger partial charge < -0.3 is 15.2 Å². The van der Waals surface area contributed by atoms with Gasteiger partial charge in [0.05, 0.1) is 17.4 Å². The maximum atomic E-state index is 12.2. The van der Waals surface area contributed by atoms with E-state index in [1.54, 1.807) is 6.20 Å². The summed E-state index contributed by atoms with van der Waals surface area (Å²) in [5, 5.41) is 5.06. The predicted molar refractivity (Wildman–Crippen MR) is 96.5 cm³/mol. The molecule has 0 saturated carbocycles. The molecule has 130 valence electrons. The molecule has 7 nitrogen and oxygen atoms in total. The summed E-state index contributed by atoms with van der Waals surface area (Å²) in [4.78, 5) is 31.0. The summed E-state index contributed by atoms with van der Waals surface area (Å²) >= 11 is 0. The standard InChI is InChI=1S/C18H22N6O/c1-3-6-20-18(25)24-8-5-12(10-24)16-15-13-4-7-19-17(13)21-9-14(15)22-11(2)23-16/h4,7,9,12H,3,5-6,8,10H2,1-2H3,(H,19,21)(H,20,25). The van der Waals surface area contributed by atoms with E-state index in [1.165, 1.54) is 0 Å². The molecule has 4 rings (SSSR count). The fraction of sp³-hybridized carbons (Fsp3) is 0.444. The number of aromatic nitrogens is 4. The predicted octanol–water partition coefficient (Wildman–Crippen LogP) is 2.72. The van der Waals surface area contributed by atoms with Crippen LogP contribution in [-0.4, -0.2) is 50.5 Å². The molecule has 3 aromatic heterocycles. The van der Waals surface area contributed by atoms with Crippen LogP contribution in [0.5, 0.6) is 0 Å². The average Bonchev–Trinajstić information content (AvgIpc) is 3.27. The largest absolute Gasteiger partial charge is 0.346 e. The van der Waals surface area contributed by atoms with Gasteiger partial charge in [-0.05, 0) is 25.8 Å². The van der Waals surface area contributed by atoms with Crippen LogP contribution in [-0.2, 0) is 0 Å². The van der Waals surface area contributed by atoms with Gasteiger partial charge in [0.25, 0.3) is 0 Å². The van der Waals surface area contributed by atoms with Crippen molar-refractivity contribution in [3.8, 4) is 0 Å². The van der Waals surface area contributed by atoms with Gasteiger partial charge in [0.1, 0.15) is 11.5 Å². The van der Waals surface area contributed by atoms with Gasteiger partial charge in [-0.3, -0.25) is 0 Å². The summed E-state index contributed by atoms with van der Waals surface area (Å²) in [6.07, 6.45) is 5.55. The second-order valence-electron chi connectivity index (χ2n) is 6.58. The monoisotopic (exact) mass is 338 g/mol. The lowest BCUT2D eigenvalue weighted by Crippen LogP contribution is -2.38. The zero-order chi connectivity index (χ0) is 17.4. The highest BCUT2D eigenvalue weighted by atomic mass is 16.2. The zero-order valence-electron chi connectivity index (χ0n) is 14.5. The third-order valence-electron chi connectivity index (χ3n) is 4.78. The Kier molecular flexibility index (Phi) is 3.99. The Labute approximate surface area is 145 Å². The molecule has 3 aromatic rings. The minimum atomic E-state index is 0.0212. The van der Waals surface area contributed by atoms with Crippen molar-refractivity contribution in [1.29, 1.82) is 0 Å². The number of urea groups is 1. The number of H-pyrrole nitrogens is 1. The Hall–Kier alpha value is -2.70. The zero-order valence-corrected chi connectivity index (χ0v) is 14.5. The number of rotatable bonds is 3. The lowest BCUT2D eigenvalue weighted by molar-refractivity contribution is 0.208. The Morgan fingerprint density at radius 3 is 3.16 bits per heavy atom. The van der Waals surface area contributed by atoms with Crippen LogP contribution in [0, 0.1) is 6.92 Å². The number of aryl methyl sites for hydroxylation is 1. The summed E-state index contributed by atoms with van der Waals surface area (Å²) in [6, 6.07) is 2.04. The van der Waals surface area contributed by atoms with E-state index in [0.29, 0.717) is 13.1 Å². The number of hydrogen-bond donors (Lipinski definition) is 2. The maximum absolute atomic E-state index is 12.2. The van der Waals surface area contributed by atoms with Crippen molar-refractivity contribution in [2.45, 2.75) is 32.6 Å². The van der Waals surface area contributed by atoms with Gasteiger partial charge in [-0.15, -0.1) is 0 Å². The highest BCUT2D eigenvalue weighted by Crippen LogP contribution is 2.33. The van der Waals surface area contributed by atoms with Gasteiger partial charge >= 0.3 is 6.03 Å². The Balaban J connectivity index is 1.72. The van der Waals surface area contributed by atoms with E-state index in [-0.39, 0.29) is 11.9 Å². The molecule has 1 aliphatic heterocycles. The molecule has 7 heteroatoms. The highest BCUT2D eigenvalue weighted by molar-refractivity contribution is 6.04. The average molecular weight is 338 g/mol. The second kappa shape index (κ2) is 6.31. The number of pyridine rings is 1. The van der Waals surface area contributed by atoms with Crippen LogP contribution in [0.4, 0.5) is 4.79 Å². The molecular weight excluding hydrogens is 316 g/mol. The molecule has 0 spiro atoms. The Morgan fingerprint density at radius 1 is 1.44 bits per heavy atom. The Bertz CT molecular complexity index is 934. The van der Waals surface area contributed by atoms with Crippen molar-refractivity contribution >= 4 is 28.0 Å². The summed E-state index contributed by atoms with van der Waals surface area (Å²) in [7, 11) is 0. The fourth-order valence-corrected chi connectivity index (χ4v) is 3.59. The fourth-order valence-electron chi connectivity index (χ4n) is 3.59. The highest BCUT2D eigenvalue weighted by Gasteiger charge is 2.30. The molecule has 1 fully saturated rings. The second-order valence-corrected chi connectivity index (χ2v) is 6.58. The molecule has 1 saturated heterocycles. The van der Waals surface area contributed by atoms with Crippen LogP contribution in [0.25, 0.3) is 21.9 Å². The normalized spacial score (nSPS) is 17.5. The first-order valence-electron chi connectivity index (χ1n) is 8.80. The van der Waals surface area contributed by atoms with Crippen molar-refractivity contribution in [1.82, 2.24) is 30.2 Å². The smallest absolute Gasteiger partial charge is 0.317 e. The van der Waals surface area contributed by atoms with E-state index >= 15 is 0 Å².